The molecule has 0 radical (unpaired) electrons. The molecule has 0 atom stereocenters. The molecule has 3 heteroatoms. The lowest BCUT2D eigenvalue weighted by Gasteiger charge is -2.04. The molecular formula is C12H11FN2. The van der Waals surface area contributed by atoms with Crippen LogP contribution in [0.1, 0.15) is 11.3 Å². The highest BCUT2D eigenvalue weighted by Gasteiger charge is 2.02. The van der Waals surface area contributed by atoms with Crippen molar-refractivity contribution >= 4 is 5.69 Å². The molecule has 0 saturated heterocycles. The fraction of sp³-hybridized carbons (Fsp3) is 0.0833. The summed E-state index contributed by atoms with van der Waals surface area (Å²) in [5.74, 6) is -0.268. The zero-order valence-corrected chi connectivity index (χ0v) is 8.15. The molecule has 2 aromatic rings. The number of hydrogen-bond acceptors (Lipinski definition) is 2. The summed E-state index contributed by atoms with van der Waals surface area (Å²) in [5.41, 5.74) is 8.00. The number of nitrogen functional groups attached to an aromatic ring is 1. The maximum Gasteiger partial charge on any atom is 0.123 e. The Morgan fingerprint density at radius 1 is 1.20 bits per heavy atom. The van der Waals surface area contributed by atoms with Gasteiger partial charge in [-0.2, -0.15) is 0 Å². The van der Waals surface area contributed by atoms with Crippen LogP contribution in [-0.4, -0.2) is 4.98 Å². The monoisotopic (exact) mass is 202 g/mol. The molecule has 0 fully saturated rings. The Morgan fingerprint density at radius 3 is 2.80 bits per heavy atom. The van der Waals surface area contributed by atoms with Gasteiger partial charge >= 0.3 is 0 Å². The van der Waals surface area contributed by atoms with Crippen molar-refractivity contribution in [2.75, 3.05) is 5.73 Å². The number of pyridine rings is 1. The molecule has 0 spiro atoms. The van der Waals surface area contributed by atoms with E-state index in [1.165, 1.54) is 12.1 Å². The molecule has 0 saturated carbocycles. The smallest absolute Gasteiger partial charge is 0.123 e. The molecule has 0 aliphatic carbocycles. The first kappa shape index (κ1) is 9.65. The Balaban J connectivity index is 2.28. The van der Waals surface area contributed by atoms with Crippen LogP contribution in [0.5, 0.6) is 0 Å². The third kappa shape index (κ3) is 2.31. The molecule has 0 amide bonds. The first-order chi connectivity index (χ1) is 7.25. The fourth-order valence-corrected chi connectivity index (χ4v) is 1.43. The van der Waals surface area contributed by atoms with Crippen LogP contribution in [0.3, 0.4) is 0 Å². The molecule has 1 aromatic heterocycles. The van der Waals surface area contributed by atoms with Crippen LogP contribution in [-0.2, 0) is 6.42 Å². The van der Waals surface area contributed by atoms with Gasteiger partial charge < -0.3 is 5.73 Å². The van der Waals surface area contributed by atoms with E-state index in [1.807, 2.05) is 18.2 Å². The Kier molecular flexibility index (Phi) is 2.63. The number of halogens is 1. The first-order valence-corrected chi connectivity index (χ1v) is 4.69. The maximum absolute atomic E-state index is 13.0. The van der Waals surface area contributed by atoms with Gasteiger partial charge in [0.15, 0.2) is 0 Å². The summed E-state index contributed by atoms with van der Waals surface area (Å²) in [7, 11) is 0. The predicted octanol–water partition coefficient (Wildman–Crippen LogP) is 2.39. The number of anilines is 1. The average molecular weight is 202 g/mol. The predicted molar refractivity (Wildman–Crippen MR) is 57.9 cm³/mol. The molecule has 2 N–H and O–H groups in total. The van der Waals surface area contributed by atoms with Crippen molar-refractivity contribution in [1.82, 2.24) is 4.98 Å². The zero-order chi connectivity index (χ0) is 10.7. The minimum absolute atomic E-state index is 0.268. The first-order valence-electron chi connectivity index (χ1n) is 4.69. The second-order valence-corrected chi connectivity index (χ2v) is 3.34. The molecule has 0 aliphatic heterocycles. The Morgan fingerprint density at radius 2 is 2.07 bits per heavy atom. The molecule has 76 valence electrons. The summed E-state index contributed by atoms with van der Waals surface area (Å²) in [5, 5.41) is 0. The van der Waals surface area contributed by atoms with Gasteiger partial charge in [0.2, 0.25) is 0 Å². The average Bonchev–Trinajstić information content (AvgIpc) is 2.25. The summed E-state index contributed by atoms with van der Waals surface area (Å²) < 4.78 is 13.0. The van der Waals surface area contributed by atoms with Gasteiger partial charge in [0.1, 0.15) is 5.82 Å². The van der Waals surface area contributed by atoms with Gasteiger partial charge in [-0.1, -0.05) is 6.07 Å². The van der Waals surface area contributed by atoms with E-state index in [0.29, 0.717) is 12.1 Å². The minimum Gasteiger partial charge on any atom is -0.398 e. The van der Waals surface area contributed by atoms with E-state index in [4.69, 9.17) is 5.73 Å². The van der Waals surface area contributed by atoms with Crippen LogP contribution in [0.4, 0.5) is 10.1 Å². The van der Waals surface area contributed by atoms with Gasteiger partial charge in [-0.3, -0.25) is 4.98 Å². The highest BCUT2D eigenvalue weighted by atomic mass is 19.1. The van der Waals surface area contributed by atoms with E-state index in [9.17, 15) is 4.39 Å². The van der Waals surface area contributed by atoms with Crippen LogP contribution in [0.2, 0.25) is 0 Å². The molecule has 2 rings (SSSR count). The van der Waals surface area contributed by atoms with Gasteiger partial charge in [0, 0.05) is 24.0 Å². The van der Waals surface area contributed by atoms with E-state index in [0.717, 1.165) is 11.3 Å². The van der Waals surface area contributed by atoms with Crippen LogP contribution < -0.4 is 5.73 Å². The second kappa shape index (κ2) is 4.09. The number of nitrogens with two attached hydrogens (primary N) is 1. The summed E-state index contributed by atoms with van der Waals surface area (Å²) in [6, 6.07) is 10.0. The van der Waals surface area contributed by atoms with Crippen molar-refractivity contribution in [3.63, 3.8) is 0 Å². The molecular weight excluding hydrogens is 191 g/mol. The highest BCUT2D eigenvalue weighted by Crippen LogP contribution is 2.16. The number of rotatable bonds is 2. The van der Waals surface area contributed by atoms with E-state index >= 15 is 0 Å². The molecule has 15 heavy (non-hydrogen) atoms. The van der Waals surface area contributed by atoms with E-state index < -0.39 is 0 Å². The lowest BCUT2D eigenvalue weighted by Crippen LogP contribution is -1.97. The highest BCUT2D eigenvalue weighted by molar-refractivity contribution is 5.48. The van der Waals surface area contributed by atoms with Crippen molar-refractivity contribution in [3.8, 4) is 0 Å². The Bertz CT molecular complexity index is 454. The lowest BCUT2D eigenvalue weighted by atomic mass is 10.1. The summed E-state index contributed by atoms with van der Waals surface area (Å²) in [6.07, 6.45) is 2.27. The molecule has 0 bridgehead atoms. The SMILES string of the molecule is Nc1ccc(F)cc1Cc1ccccn1. The van der Waals surface area contributed by atoms with Crippen molar-refractivity contribution in [1.29, 1.82) is 0 Å². The van der Waals surface area contributed by atoms with E-state index in [1.54, 1.807) is 12.3 Å². The minimum atomic E-state index is -0.268. The van der Waals surface area contributed by atoms with E-state index in [2.05, 4.69) is 4.98 Å². The van der Waals surface area contributed by atoms with Gasteiger partial charge in [0.05, 0.1) is 0 Å². The van der Waals surface area contributed by atoms with Crippen LogP contribution >= 0.6 is 0 Å². The normalized spacial score (nSPS) is 10.2. The van der Waals surface area contributed by atoms with Crippen LogP contribution in [0.15, 0.2) is 42.6 Å². The van der Waals surface area contributed by atoms with Crippen molar-refractivity contribution in [2.45, 2.75) is 6.42 Å². The molecule has 2 nitrogen and oxygen atoms in total. The summed E-state index contributed by atoms with van der Waals surface area (Å²) >= 11 is 0. The third-order valence-electron chi connectivity index (χ3n) is 2.20. The number of hydrogen-bond donors (Lipinski definition) is 1. The van der Waals surface area contributed by atoms with Crippen LogP contribution in [0, 0.1) is 5.82 Å². The maximum atomic E-state index is 13.0. The molecule has 0 unspecified atom stereocenters. The molecule has 0 aliphatic rings. The van der Waals surface area contributed by atoms with Crippen molar-refractivity contribution in [3.05, 3.63) is 59.7 Å². The number of benzene rings is 1. The van der Waals surface area contributed by atoms with Crippen molar-refractivity contribution < 1.29 is 4.39 Å². The van der Waals surface area contributed by atoms with Gasteiger partial charge in [-0.25, -0.2) is 4.39 Å². The lowest BCUT2D eigenvalue weighted by molar-refractivity contribution is 0.626. The Labute approximate surface area is 87.6 Å². The zero-order valence-electron chi connectivity index (χ0n) is 8.15. The summed E-state index contributed by atoms with van der Waals surface area (Å²) in [4.78, 5) is 4.17. The van der Waals surface area contributed by atoms with Gasteiger partial charge in [-0.05, 0) is 35.9 Å². The van der Waals surface area contributed by atoms with E-state index in [-0.39, 0.29) is 5.82 Å². The summed E-state index contributed by atoms with van der Waals surface area (Å²) in [6.45, 7) is 0. The quantitative estimate of drug-likeness (QED) is 0.759. The standard InChI is InChI=1S/C12H11FN2/c13-10-4-5-12(14)9(7-10)8-11-3-1-2-6-15-11/h1-7H,8,14H2. The fourth-order valence-electron chi connectivity index (χ4n) is 1.43. The van der Waals surface area contributed by atoms with Crippen LogP contribution in [0.25, 0.3) is 0 Å². The third-order valence-corrected chi connectivity index (χ3v) is 2.20. The second-order valence-electron chi connectivity index (χ2n) is 3.34. The number of nitrogens with zero attached hydrogens (tertiary/aromatic N) is 1. The Hall–Kier alpha value is -1.90. The molecule has 1 aromatic carbocycles. The van der Waals surface area contributed by atoms with Crippen molar-refractivity contribution in [2.24, 2.45) is 0 Å². The molecule has 1 heterocycles. The van der Waals surface area contributed by atoms with Gasteiger partial charge in [0.25, 0.3) is 0 Å². The van der Waals surface area contributed by atoms with Gasteiger partial charge in [-0.15, -0.1) is 0 Å². The number of aromatic nitrogens is 1. The largest absolute Gasteiger partial charge is 0.398 e. The topological polar surface area (TPSA) is 38.9 Å².